The third-order valence-corrected chi connectivity index (χ3v) is 7.71. The lowest BCUT2D eigenvalue weighted by Gasteiger charge is -2.59. The molecule has 0 aromatic carbocycles. The molecule has 0 heterocycles. The fourth-order valence-corrected chi connectivity index (χ4v) is 5.82. The fraction of sp³-hybridized carbons (Fsp3) is 0.448. The number of hydrogen-bond donors (Lipinski definition) is 1. The summed E-state index contributed by atoms with van der Waals surface area (Å²) in [6.07, 6.45) is 9.97. The summed E-state index contributed by atoms with van der Waals surface area (Å²) in [7, 11) is 0. The van der Waals surface area contributed by atoms with E-state index >= 15 is 0 Å². The molecule has 5 atom stereocenters. The van der Waals surface area contributed by atoms with Crippen LogP contribution in [-0.2, 0) is 33.4 Å². The number of esters is 3. The van der Waals surface area contributed by atoms with Crippen molar-refractivity contribution in [3.8, 4) is 0 Å². The highest BCUT2D eigenvalue weighted by atomic mass is 16.6. The molecule has 2 fully saturated rings. The van der Waals surface area contributed by atoms with Gasteiger partial charge in [-0.3, -0.25) is 0 Å². The Morgan fingerprint density at radius 1 is 1.00 bits per heavy atom. The van der Waals surface area contributed by atoms with Crippen molar-refractivity contribution in [3.05, 3.63) is 73.9 Å². The molecule has 2 aliphatic rings. The first-order valence-electron chi connectivity index (χ1n) is 12.1. The van der Waals surface area contributed by atoms with Gasteiger partial charge < -0.3 is 19.3 Å². The number of ether oxygens (including phenoxy) is 3. The van der Waals surface area contributed by atoms with E-state index in [4.69, 9.17) is 14.2 Å². The van der Waals surface area contributed by atoms with Crippen molar-refractivity contribution >= 4 is 23.9 Å². The van der Waals surface area contributed by atoms with Crippen LogP contribution in [0.4, 0.5) is 0 Å². The largest absolute Gasteiger partial charge is 0.478 e. The highest BCUT2D eigenvalue weighted by Crippen LogP contribution is 2.62. The summed E-state index contributed by atoms with van der Waals surface area (Å²) in [5.41, 5.74) is -0.143. The molecule has 0 aromatic rings. The minimum Gasteiger partial charge on any atom is -0.478 e. The van der Waals surface area contributed by atoms with E-state index in [1.807, 2.05) is 13.0 Å². The number of carbonyl (C=O) groups is 4. The smallest absolute Gasteiger partial charge is 0.335 e. The second-order valence-electron chi connectivity index (χ2n) is 9.88. The summed E-state index contributed by atoms with van der Waals surface area (Å²) in [5, 5.41) is 9.64. The molecule has 1 unspecified atom stereocenters. The van der Waals surface area contributed by atoms with Gasteiger partial charge in [-0.25, -0.2) is 19.2 Å². The van der Waals surface area contributed by atoms with E-state index in [1.165, 1.54) is 12.2 Å². The highest BCUT2D eigenvalue weighted by Gasteiger charge is 2.59. The quantitative estimate of drug-likeness (QED) is 0.141. The third-order valence-electron chi connectivity index (χ3n) is 7.71. The van der Waals surface area contributed by atoms with Gasteiger partial charge in [0.15, 0.2) is 0 Å². The van der Waals surface area contributed by atoms with Gasteiger partial charge in [0.2, 0.25) is 0 Å². The third kappa shape index (κ3) is 6.76. The van der Waals surface area contributed by atoms with Crippen LogP contribution >= 0.6 is 0 Å². The topological polar surface area (TPSA) is 116 Å². The Balaban J connectivity index is 2.42. The lowest BCUT2D eigenvalue weighted by molar-refractivity contribution is -0.186. The maximum Gasteiger partial charge on any atom is 0.335 e. The van der Waals surface area contributed by atoms with Gasteiger partial charge in [0.25, 0.3) is 0 Å². The molecule has 1 N–H and O–H groups in total. The number of hydrogen-bond acceptors (Lipinski definition) is 7. The average Bonchev–Trinajstić information content (AvgIpc) is 2.86. The second-order valence-corrected chi connectivity index (χ2v) is 9.88. The van der Waals surface area contributed by atoms with Gasteiger partial charge in [0.05, 0.1) is 5.57 Å². The number of carbonyl (C=O) groups excluding carboxylic acids is 3. The first kappa shape index (κ1) is 29.5. The molecule has 0 spiro atoms. The van der Waals surface area contributed by atoms with Gasteiger partial charge in [-0.05, 0) is 43.1 Å². The number of fused-ring (bicyclic) bond motifs is 1. The van der Waals surface area contributed by atoms with Crippen LogP contribution in [0.15, 0.2) is 73.9 Å². The van der Waals surface area contributed by atoms with Crippen molar-refractivity contribution < 1.29 is 38.5 Å². The molecule has 2 saturated carbocycles. The number of allylic oxidation sites excluding steroid dienone is 2. The van der Waals surface area contributed by atoms with Crippen molar-refractivity contribution in [3.63, 3.8) is 0 Å². The van der Waals surface area contributed by atoms with E-state index in [0.717, 1.165) is 30.2 Å². The molecule has 0 aromatic heterocycles. The molecule has 0 amide bonds. The lowest BCUT2D eigenvalue weighted by Crippen LogP contribution is -2.58. The van der Waals surface area contributed by atoms with Crippen molar-refractivity contribution in [2.24, 2.45) is 22.7 Å². The van der Waals surface area contributed by atoms with Gasteiger partial charge in [0, 0.05) is 29.6 Å². The van der Waals surface area contributed by atoms with Crippen LogP contribution in [0.3, 0.4) is 0 Å². The minimum absolute atomic E-state index is 0.0216. The first-order chi connectivity index (χ1) is 17.4. The van der Waals surface area contributed by atoms with Crippen molar-refractivity contribution in [2.75, 3.05) is 13.2 Å². The van der Waals surface area contributed by atoms with Crippen LogP contribution in [0.2, 0.25) is 0 Å². The molecule has 2 rings (SSSR count). The van der Waals surface area contributed by atoms with E-state index in [0.29, 0.717) is 19.3 Å². The van der Waals surface area contributed by atoms with Crippen LogP contribution in [0, 0.1) is 22.7 Å². The molecule has 0 bridgehead atoms. The number of aliphatic carboxylic acids is 1. The van der Waals surface area contributed by atoms with Gasteiger partial charge in [-0.15, -0.1) is 0 Å². The number of rotatable bonds is 11. The number of carboxylic acid groups (broad SMARTS) is 1. The summed E-state index contributed by atoms with van der Waals surface area (Å²) >= 11 is 0. The maximum atomic E-state index is 12.1. The van der Waals surface area contributed by atoms with Crippen LogP contribution in [-0.4, -0.2) is 48.3 Å². The zero-order chi connectivity index (χ0) is 27.8. The lowest BCUT2D eigenvalue weighted by atomic mass is 9.46. The van der Waals surface area contributed by atoms with Crippen LogP contribution in [0.1, 0.15) is 39.5 Å². The molecule has 200 valence electrons. The monoisotopic (exact) mass is 512 g/mol. The molecule has 8 heteroatoms. The van der Waals surface area contributed by atoms with Crippen LogP contribution in [0.25, 0.3) is 0 Å². The Labute approximate surface area is 218 Å². The van der Waals surface area contributed by atoms with Crippen molar-refractivity contribution in [1.29, 1.82) is 0 Å². The molecular weight excluding hydrogens is 476 g/mol. The summed E-state index contributed by atoms with van der Waals surface area (Å²) in [4.78, 5) is 47.1. The summed E-state index contributed by atoms with van der Waals surface area (Å²) in [6.45, 7) is 18.4. The Bertz CT molecular complexity index is 1030. The predicted molar refractivity (Wildman–Crippen MR) is 138 cm³/mol. The molecule has 0 saturated heterocycles. The standard InChI is InChI=1S/C29H36O8/c1-7-24(30)35-17-15-20(27(33)34)11-12-21-19(4)10-13-22-28(21,5)16-14-23(37-26(32)9-3)29(22,6)18-36-25(31)8-2/h7-9,11-12,15,21-23H,1-4,10,13-14,16-18H2,5-6H3,(H,33,34)/b12-11+,20-15+/t21-,22?,23-,28+,29+/m1/s1. The molecule has 37 heavy (non-hydrogen) atoms. The SMILES string of the molecule is C=CC(=O)OC/C=C(\C=C\[C@@H]1C(=C)CCC2[C@](C)(COC(=O)C=C)[C@H](OC(=O)C=C)CC[C@]21C)C(=O)O. The van der Waals surface area contributed by atoms with E-state index in [9.17, 15) is 24.3 Å². The second kappa shape index (κ2) is 12.5. The minimum atomic E-state index is -1.16. The Hall–Kier alpha value is -3.68. The predicted octanol–water partition coefficient (Wildman–Crippen LogP) is 4.50. The summed E-state index contributed by atoms with van der Waals surface area (Å²) in [6, 6.07) is 0. The molecule has 0 aliphatic heterocycles. The molecule has 8 nitrogen and oxygen atoms in total. The van der Waals surface area contributed by atoms with Crippen molar-refractivity contribution in [1.82, 2.24) is 0 Å². The van der Waals surface area contributed by atoms with Gasteiger partial charge in [-0.1, -0.05) is 57.9 Å². The summed E-state index contributed by atoms with van der Waals surface area (Å²) < 4.78 is 16.1. The van der Waals surface area contributed by atoms with E-state index in [2.05, 4.69) is 33.2 Å². The molecule has 0 radical (unpaired) electrons. The molecular formula is C29H36O8. The number of carboxylic acids is 1. The summed E-state index contributed by atoms with van der Waals surface area (Å²) in [5.74, 6) is -3.14. The van der Waals surface area contributed by atoms with Crippen LogP contribution < -0.4 is 0 Å². The van der Waals surface area contributed by atoms with Crippen molar-refractivity contribution in [2.45, 2.75) is 45.6 Å². The van der Waals surface area contributed by atoms with Gasteiger partial charge in [0.1, 0.15) is 19.3 Å². The van der Waals surface area contributed by atoms with Crippen LogP contribution in [0.5, 0.6) is 0 Å². The van der Waals surface area contributed by atoms with E-state index in [1.54, 1.807) is 0 Å². The van der Waals surface area contributed by atoms with E-state index < -0.39 is 35.4 Å². The van der Waals surface area contributed by atoms with E-state index in [-0.39, 0.29) is 36.0 Å². The molecule has 2 aliphatic carbocycles. The van der Waals surface area contributed by atoms with Gasteiger partial charge in [-0.2, -0.15) is 0 Å². The maximum absolute atomic E-state index is 12.1. The Morgan fingerprint density at radius 3 is 2.22 bits per heavy atom. The normalized spacial score (nSPS) is 29.5. The van der Waals surface area contributed by atoms with Gasteiger partial charge >= 0.3 is 23.9 Å². The first-order valence-corrected chi connectivity index (χ1v) is 12.1. The fourth-order valence-electron chi connectivity index (χ4n) is 5.82. The zero-order valence-electron chi connectivity index (χ0n) is 21.6. The highest BCUT2D eigenvalue weighted by molar-refractivity contribution is 5.90. The Kier molecular flexibility index (Phi) is 10.00. The zero-order valence-corrected chi connectivity index (χ0v) is 21.6. The average molecular weight is 513 g/mol. The Morgan fingerprint density at radius 2 is 1.62 bits per heavy atom.